The van der Waals surface area contributed by atoms with Crippen molar-refractivity contribution in [2.75, 3.05) is 0 Å². The summed E-state index contributed by atoms with van der Waals surface area (Å²) in [6.45, 7) is 4.32. The van der Waals surface area contributed by atoms with Gasteiger partial charge in [-0.05, 0) is 43.7 Å². The van der Waals surface area contributed by atoms with E-state index in [1.807, 2.05) is 32.0 Å². The first-order chi connectivity index (χ1) is 12.6. The third-order valence-corrected chi connectivity index (χ3v) is 4.00. The van der Waals surface area contributed by atoms with Crippen LogP contribution >= 0.6 is 0 Å². The summed E-state index contributed by atoms with van der Waals surface area (Å²) in [4.78, 5) is 18.7. The number of nitrogens with zero attached hydrogens (tertiary/aromatic N) is 4. The Bertz CT molecular complexity index is 924. The van der Waals surface area contributed by atoms with Gasteiger partial charge in [0.25, 0.3) is 5.91 Å². The van der Waals surface area contributed by atoms with Crippen molar-refractivity contribution in [2.45, 2.75) is 26.4 Å². The highest BCUT2D eigenvalue weighted by atomic mass is 16.5. The molecular weight excluding hydrogens is 328 g/mol. The van der Waals surface area contributed by atoms with Crippen LogP contribution < -0.4 is 0 Å². The van der Waals surface area contributed by atoms with Crippen LogP contribution in [0.2, 0.25) is 0 Å². The predicted molar refractivity (Wildman–Crippen MR) is 95.9 cm³/mol. The molecule has 0 atom stereocenters. The fourth-order valence-corrected chi connectivity index (χ4v) is 2.54. The monoisotopic (exact) mass is 346 g/mol. The summed E-state index contributed by atoms with van der Waals surface area (Å²) in [5, 5.41) is 12.8. The van der Waals surface area contributed by atoms with Crippen molar-refractivity contribution in [3.05, 3.63) is 71.7 Å². The fourth-order valence-electron chi connectivity index (χ4n) is 2.54. The summed E-state index contributed by atoms with van der Waals surface area (Å²) in [6.07, 6.45) is 3.33. The van der Waals surface area contributed by atoms with Crippen LogP contribution in [0.3, 0.4) is 0 Å². The highest BCUT2D eigenvalue weighted by Crippen LogP contribution is 2.21. The van der Waals surface area contributed by atoms with Gasteiger partial charge in [0.15, 0.2) is 11.5 Å². The minimum atomic E-state index is -0.205. The van der Waals surface area contributed by atoms with Gasteiger partial charge in [0.05, 0.1) is 11.6 Å². The molecule has 6 nitrogen and oxygen atoms in total. The average Bonchev–Trinajstić information content (AvgIpc) is 3.17. The second-order valence-corrected chi connectivity index (χ2v) is 6.15. The lowest BCUT2D eigenvalue weighted by molar-refractivity contribution is 0.0679. The smallest absolute Gasteiger partial charge is 0.276 e. The first-order valence-corrected chi connectivity index (χ1v) is 8.25. The summed E-state index contributed by atoms with van der Waals surface area (Å²) in [7, 11) is 0. The molecule has 0 unspecified atom stereocenters. The first kappa shape index (κ1) is 17.4. The van der Waals surface area contributed by atoms with Gasteiger partial charge in [0.1, 0.15) is 0 Å². The molecule has 26 heavy (non-hydrogen) atoms. The molecule has 1 amide bonds. The number of hydrogen-bond acceptors (Lipinski definition) is 5. The zero-order valence-electron chi connectivity index (χ0n) is 14.6. The molecule has 0 saturated heterocycles. The minimum Gasteiger partial charge on any atom is -0.355 e. The van der Waals surface area contributed by atoms with Crippen molar-refractivity contribution < 1.29 is 9.32 Å². The van der Waals surface area contributed by atoms with Crippen molar-refractivity contribution in [2.24, 2.45) is 0 Å². The van der Waals surface area contributed by atoms with Crippen LogP contribution in [0.25, 0.3) is 11.3 Å². The van der Waals surface area contributed by atoms with Crippen LogP contribution in [-0.4, -0.2) is 27.0 Å². The van der Waals surface area contributed by atoms with Crippen LogP contribution in [0.4, 0.5) is 0 Å². The van der Waals surface area contributed by atoms with Crippen molar-refractivity contribution in [1.82, 2.24) is 15.0 Å². The van der Waals surface area contributed by atoms with Crippen molar-refractivity contribution in [3.63, 3.8) is 0 Å². The Hall–Kier alpha value is -3.46. The lowest BCUT2D eigenvalue weighted by Gasteiger charge is -2.26. The molecule has 0 spiro atoms. The zero-order valence-corrected chi connectivity index (χ0v) is 14.6. The molecule has 0 fully saturated rings. The zero-order chi connectivity index (χ0) is 18.5. The van der Waals surface area contributed by atoms with E-state index in [1.54, 1.807) is 41.6 Å². The number of hydrogen-bond donors (Lipinski definition) is 0. The number of carbonyl (C=O) groups is 1. The maximum absolute atomic E-state index is 12.9. The van der Waals surface area contributed by atoms with Gasteiger partial charge in [-0.3, -0.25) is 9.78 Å². The van der Waals surface area contributed by atoms with Gasteiger partial charge in [-0.25, -0.2) is 0 Å². The molecule has 6 heteroatoms. The van der Waals surface area contributed by atoms with Crippen LogP contribution in [0.1, 0.15) is 35.5 Å². The Morgan fingerprint density at radius 3 is 2.65 bits per heavy atom. The van der Waals surface area contributed by atoms with Gasteiger partial charge < -0.3 is 9.42 Å². The van der Waals surface area contributed by atoms with Crippen LogP contribution in [0, 0.1) is 11.3 Å². The summed E-state index contributed by atoms with van der Waals surface area (Å²) in [5.74, 6) is 0.298. The predicted octanol–water partition coefficient (Wildman–Crippen LogP) is 3.66. The summed E-state index contributed by atoms with van der Waals surface area (Å²) >= 11 is 0. The molecule has 0 aliphatic rings. The molecule has 2 heterocycles. The maximum Gasteiger partial charge on any atom is 0.276 e. The van der Waals surface area contributed by atoms with E-state index < -0.39 is 0 Å². The van der Waals surface area contributed by atoms with E-state index in [0.29, 0.717) is 17.9 Å². The topological polar surface area (TPSA) is 83.0 Å². The molecule has 0 radical (unpaired) electrons. The largest absolute Gasteiger partial charge is 0.355 e. The molecule has 0 bridgehead atoms. The molecule has 2 aromatic heterocycles. The third kappa shape index (κ3) is 3.78. The maximum atomic E-state index is 12.9. The second kappa shape index (κ2) is 7.62. The van der Waals surface area contributed by atoms with E-state index >= 15 is 0 Å². The molecule has 1 aromatic carbocycles. The number of amides is 1. The van der Waals surface area contributed by atoms with Crippen molar-refractivity contribution >= 4 is 5.91 Å². The van der Waals surface area contributed by atoms with Gasteiger partial charge in [-0.15, -0.1) is 0 Å². The Balaban J connectivity index is 1.81. The van der Waals surface area contributed by atoms with Gasteiger partial charge in [0.2, 0.25) is 0 Å². The average molecular weight is 346 g/mol. The standard InChI is InChI=1S/C20H18N4O2/c1-14(2)24(13-16-7-5-15(11-21)6-8-16)20(25)18-10-19(26-23-18)17-4-3-9-22-12-17/h3-10,12,14H,13H2,1-2H3. The van der Waals surface area contributed by atoms with E-state index in [4.69, 9.17) is 9.78 Å². The quantitative estimate of drug-likeness (QED) is 0.704. The van der Waals surface area contributed by atoms with Crippen molar-refractivity contribution in [3.8, 4) is 17.4 Å². The van der Waals surface area contributed by atoms with Gasteiger partial charge >= 0.3 is 0 Å². The van der Waals surface area contributed by atoms with E-state index in [1.165, 1.54) is 0 Å². The van der Waals surface area contributed by atoms with Gasteiger partial charge in [-0.2, -0.15) is 5.26 Å². The van der Waals surface area contributed by atoms with Crippen LogP contribution in [0.15, 0.2) is 59.4 Å². The summed E-state index contributed by atoms with van der Waals surface area (Å²) < 4.78 is 5.31. The van der Waals surface area contributed by atoms with E-state index in [9.17, 15) is 4.79 Å². The SMILES string of the molecule is CC(C)N(Cc1ccc(C#N)cc1)C(=O)c1cc(-c2cccnc2)on1. The summed E-state index contributed by atoms with van der Waals surface area (Å²) in [5.41, 5.74) is 2.56. The van der Waals surface area contributed by atoms with Gasteiger partial charge in [0, 0.05) is 36.6 Å². The Labute approximate surface area is 151 Å². The second-order valence-electron chi connectivity index (χ2n) is 6.15. The summed E-state index contributed by atoms with van der Waals surface area (Å²) in [6, 6.07) is 14.5. The number of rotatable bonds is 5. The minimum absolute atomic E-state index is 0.0170. The molecule has 3 aromatic rings. The fraction of sp³-hybridized carbons (Fsp3) is 0.200. The van der Waals surface area contributed by atoms with Gasteiger partial charge in [-0.1, -0.05) is 17.3 Å². The highest BCUT2D eigenvalue weighted by molar-refractivity contribution is 5.93. The van der Waals surface area contributed by atoms with Crippen LogP contribution in [-0.2, 0) is 6.54 Å². The Morgan fingerprint density at radius 1 is 1.27 bits per heavy atom. The molecule has 0 aliphatic heterocycles. The molecular formula is C20H18N4O2. The Morgan fingerprint density at radius 2 is 2.04 bits per heavy atom. The molecule has 130 valence electrons. The molecule has 3 rings (SSSR count). The normalized spacial score (nSPS) is 10.5. The van der Waals surface area contributed by atoms with E-state index in [2.05, 4.69) is 16.2 Å². The first-order valence-electron chi connectivity index (χ1n) is 8.25. The lowest BCUT2D eigenvalue weighted by Crippen LogP contribution is -2.36. The van der Waals surface area contributed by atoms with Crippen molar-refractivity contribution in [1.29, 1.82) is 5.26 Å². The highest BCUT2D eigenvalue weighted by Gasteiger charge is 2.23. The lowest BCUT2D eigenvalue weighted by atomic mass is 10.1. The Kier molecular flexibility index (Phi) is 5.09. The third-order valence-electron chi connectivity index (χ3n) is 4.00. The number of aromatic nitrogens is 2. The number of benzene rings is 1. The number of carbonyl (C=O) groups excluding carboxylic acids is 1. The molecule has 0 N–H and O–H groups in total. The van der Waals surface area contributed by atoms with Crippen LogP contribution in [0.5, 0.6) is 0 Å². The van der Waals surface area contributed by atoms with E-state index in [0.717, 1.165) is 11.1 Å². The molecule has 0 saturated carbocycles. The molecule has 0 aliphatic carbocycles. The number of pyridine rings is 1. The van der Waals surface area contributed by atoms with E-state index in [-0.39, 0.29) is 17.6 Å². The number of nitriles is 1.